The molecular weight excluding hydrogens is 248 g/mol. The largest absolute Gasteiger partial charge is 0.330 e. The summed E-state index contributed by atoms with van der Waals surface area (Å²) >= 11 is 0. The van der Waals surface area contributed by atoms with Gasteiger partial charge in [-0.3, -0.25) is 4.79 Å². The SMILES string of the molecule is Cc1ccc2cc(C(=O)Cn3ccnc3)c(C)cc2c1. The Morgan fingerprint density at radius 2 is 2.00 bits per heavy atom. The summed E-state index contributed by atoms with van der Waals surface area (Å²) in [5.74, 6) is 0.114. The molecule has 0 aliphatic heterocycles. The first kappa shape index (κ1) is 12.6. The van der Waals surface area contributed by atoms with Crippen LogP contribution in [-0.4, -0.2) is 15.3 Å². The van der Waals surface area contributed by atoms with E-state index in [2.05, 4.69) is 36.2 Å². The van der Waals surface area contributed by atoms with Gasteiger partial charge in [-0.25, -0.2) is 4.98 Å². The summed E-state index contributed by atoms with van der Waals surface area (Å²) < 4.78 is 1.79. The van der Waals surface area contributed by atoms with E-state index in [0.717, 1.165) is 16.5 Å². The molecule has 0 spiro atoms. The minimum Gasteiger partial charge on any atom is -0.330 e. The van der Waals surface area contributed by atoms with Crippen LogP contribution in [0.3, 0.4) is 0 Å². The second-order valence-corrected chi connectivity index (χ2v) is 5.18. The van der Waals surface area contributed by atoms with Crippen molar-refractivity contribution >= 4 is 16.6 Å². The van der Waals surface area contributed by atoms with E-state index < -0.39 is 0 Å². The normalized spacial score (nSPS) is 10.9. The number of hydrogen-bond donors (Lipinski definition) is 0. The zero-order chi connectivity index (χ0) is 14.1. The number of aryl methyl sites for hydroxylation is 2. The molecule has 0 aliphatic carbocycles. The van der Waals surface area contributed by atoms with Crippen LogP contribution in [0.5, 0.6) is 0 Å². The van der Waals surface area contributed by atoms with Gasteiger partial charge < -0.3 is 4.57 Å². The number of benzene rings is 2. The third-order valence-electron chi connectivity index (χ3n) is 3.52. The lowest BCUT2D eigenvalue weighted by Crippen LogP contribution is -2.10. The molecule has 3 rings (SSSR count). The van der Waals surface area contributed by atoms with Crippen molar-refractivity contribution in [2.45, 2.75) is 20.4 Å². The molecule has 3 aromatic rings. The lowest BCUT2D eigenvalue weighted by Gasteiger charge is -2.08. The maximum atomic E-state index is 12.4. The average molecular weight is 264 g/mol. The monoisotopic (exact) mass is 264 g/mol. The van der Waals surface area contributed by atoms with Crippen molar-refractivity contribution in [1.29, 1.82) is 0 Å². The Balaban J connectivity index is 2.00. The first-order valence-electron chi connectivity index (χ1n) is 6.63. The molecule has 0 saturated heterocycles. The lowest BCUT2D eigenvalue weighted by atomic mass is 9.98. The number of carbonyl (C=O) groups excluding carboxylic acids is 1. The Labute approximate surface area is 117 Å². The fourth-order valence-corrected chi connectivity index (χ4v) is 2.46. The summed E-state index contributed by atoms with van der Waals surface area (Å²) in [5, 5.41) is 2.29. The maximum Gasteiger partial charge on any atom is 0.182 e. The molecular formula is C17H16N2O. The van der Waals surface area contributed by atoms with Gasteiger partial charge in [0.2, 0.25) is 0 Å². The quantitative estimate of drug-likeness (QED) is 0.678. The third kappa shape index (κ3) is 2.35. The molecule has 2 aromatic carbocycles. The average Bonchev–Trinajstić information content (AvgIpc) is 2.90. The smallest absolute Gasteiger partial charge is 0.182 e. The molecule has 1 heterocycles. The van der Waals surface area contributed by atoms with Gasteiger partial charge in [-0.1, -0.05) is 29.8 Å². The van der Waals surface area contributed by atoms with Crippen molar-refractivity contribution < 1.29 is 4.79 Å². The molecule has 0 atom stereocenters. The van der Waals surface area contributed by atoms with Crippen molar-refractivity contribution in [3.63, 3.8) is 0 Å². The first-order chi connectivity index (χ1) is 9.63. The zero-order valence-electron chi connectivity index (χ0n) is 11.6. The van der Waals surface area contributed by atoms with Gasteiger partial charge in [-0.2, -0.15) is 0 Å². The van der Waals surface area contributed by atoms with E-state index in [9.17, 15) is 4.79 Å². The molecule has 20 heavy (non-hydrogen) atoms. The highest BCUT2D eigenvalue weighted by atomic mass is 16.1. The van der Waals surface area contributed by atoms with Crippen LogP contribution < -0.4 is 0 Å². The summed E-state index contributed by atoms with van der Waals surface area (Å²) in [7, 11) is 0. The number of Topliss-reactive ketones (excluding diaryl/α,β-unsaturated/α-hetero) is 1. The van der Waals surface area contributed by atoms with E-state index in [1.54, 1.807) is 23.3 Å². The highest BCUT2D eigenvalue weighted by Gasteiger charge is 2.11. The summed E-state index contributed by atoms with van der Waals surface area (Å²) in [5.41, 5.74) is 3.04. The van der Waals surface area contributed by atoms with E-state index in [4.69, 9.17) is 0 Å². The van der Waals surface area contributed by atoms with Crippen LogP contribution in [0.25, 0.3) is 10.8 Å². The molecule has 100 valence electrons. The van der Waals surface area contributed by atoms with Gasteiger partial charge >= 0.3 is 0 Å². The number of fused-ring (bicyclic) bond motifs is 1. The van der Waals surface area contributed by atoms with Gasteiger partial charge in [0.05, 0.1) is 12.9 Å². The van der Waals surface area contributed by atoms with E-state index in [1.165, 1.54) is 10.9 Å². The minimum atomic E-state index is 0.114. The van der Waals surface area contributed by atoms with Gasteiger partial charge in [0.25, 0.3) is 0 Å². The fourth-order valence-electron chi connectivity index (χ4n) is 2.46. The van der Waals surface area contributed by atoms with Crippen molar-refractivity contribution in [2.75, 3.05) is 0 Å². The van der Waals surface area contributed by atoms with Crippen molar-refractivity contribution in [3.8, 4) is 0 Å². The number of imidazole rings is 1. The lowest BCUT2D eigenvalue weighted by molar-refractivity contribution is 0.0971. The van der Waals surface area contributed by atoms with E-state index >= 15 is 0 Å². The van der Waals surface area contributed by atoms with Gasteiger partial charge in [0.1, 0.15) is 0 Å². The number of rotatable bonds is 3. The Bertz CT molecular complexity index is 773. The van der Waals surface area contributed by atoms with Crippen molar-refractivity contribution in [1.82, 2.24) is 9.55 Å². The molecule has 0 radical (unpaired) electrons. The maximum absolute atomic E-state index is 12.4. The molecule has 3 nitrogen and oxygen atoms in total. The van der Waals surface area contributed by atoms with E-state index in [-0.39, 0.29) is 5.78 Å². The van der Waals surface area contributed by atoms with Gasteiger partial charge in [-0.15, -0.1) is 0 Å². The van der Waals surface area contributed by atoms with Crippen molar-refractivity contribution in [3.05, 3.63) is 65.7 Å². The second-order valence-electron chi connectivity index (χ2n) is 5.18. The third-order valence-corrected chi connectivity index (χ3v) is 3.52. The molecule has 0 N–H and O–H groups in total. The Morgan fingerprint density at radius 1 is 1.15 bits per heavy atom. The Kier molecular flexibility index (Phi) is 3.11. The minimum absolute atomic E-state index is 0.114. The topological polar surface area (TPSA) is 34.9 Å². The predicted octanol–water partition coefficient (Wildman–Crippen LogP) is 3.54. The number of carbonyl (C=O) groups is 1. The summed E-state index contributed by atoms with van der Waals surface area (Å²) in [6.07, 6.45) is 5.15. The number of hydrogen-bond acceptors (Lipinski definition) is 2. The number of nitrogens with zero attached hydrogens (tertiary/aromatic N) is 2. The van der Waals surface area contributed by atoms with E-state index in [1.807, 2.05) is 13.0 Å². The first-order valence-corrected chi connectivity index (χ1v) is 6.63. The van der Waals surface area contributed by atoms with Gasteiger partial charge in [0, 0.05) is 18.0 Å². The van der Waals surface area contributed by atoms with Crippen LogP contribution in [0, 0.1) is 13.8 Å². The van der Waals surface area contributed by atoms with Crippen LogP contribution in [0.4, 0.5) is 0 Å². The summed E-state index contributed by atoms with van der Waals surface area (Å²) in [4.78, 5) is 16.4. The molecule has 0 saturated carbocycles. The van der Waals surface area contributed by atoms with Gasteiger partial charge in [0.15, 0.2) is 5.78 Å². The molecule has 3 heteroatoms. The van der Waals surface area contributed by atoms with Crippen LogP contribution >= 0.6 is 0 Å². The van der Waals surface area contributed by atoms with E-state index in [0.29, 0.717) is 6.54 Å². The number of ketones is 1. The molecule has 1 aromatic heterocycles. The molecule has 0 unspecified atom stereocenters. The van der Waals surface area contributed by atoms with Crippen LogP contribution in [0.2, 0.25) is 0 Å². The Hall–Kier alpha value is -2.42. The fraction of sp³-hybridized carbons (Fsp3) is 0.176. The van der Waals surface area contributed by atoms with Crippen LogP contribution in [-0.2, 0) is 6.54 Å². The van der Waals surface area contributed by atoms with Crippen LogP contribution in [0.15, 0.2) is 49.1 Å². The number of aromatic nitrogens is 2. The second kappa shape index (κ2) is 4.93. The highest BCUT2D eigenvalue weighted by Crippen LogP contribution is 2.21. The summed E-state index contributed by atoms with van der Waals surface area (Å²) in [6.45, 7) is 4.40. The predicted molar refractivity (Wildman–Crippen MR) is 80.0 cm³/mol. The Morgan fingerprint density at radius 3 is 2.75 bits per heavy atom. The molecule has 0 aliphatic rings. The zero-order valence-corrected chi connectivity index (χ0v) is 11.6. The highest BCUT2D eigenvalue weighted by molar-refractivity contribution is 6.01. The standard InChI is InChI=1S/C17H16N2O/c1-12-3-4-14-9-16(13(2)8-15(14)7-12)17(20)10-19-6-5-18-11-19/h3-9,11H,10H2,1-2H3. The molecule has 0 bridgehead atoms. The summed E-state index contributed by atoms with van der Waals surface area (Å²) in [6, 6.07) is 10.4. The van der Waals surface area contributed by atoms with Crippen LogP contribution in [0.1, 0.15) is 21.5 Å². The molecule has 0 fully saturated rings. The molecule has 0 amide bonds. The van der Waals surface area contributed by atoms with Gasteiger partial charge in [-0.05, 0) is 36.2 Å². The van der Waals surface area contributed by atoms with Crippen molar-refractivity contribution in [2.24, 2.45) is 0 Å².